The number of terminal acetylenes is 1. The first kappa shape index (κ1) is 13.8. The van der Waals surface area contributed by atoms with E-state index < -0.39 is 0 Å². The number of hydrogen-bond donors (Lipinski definition) is 2. The number of aromatic amines is 2. The number of halogens is 1. The van der Waals surface area contributed by atoms with Gasteiger partial charge in [0, 0.05) is 11.6 Å². The Morgan fingerprint density at radius 3 is 2.86 bits per heavy atom. The van der Waals surface area contributed by atoms with Gasteiger partial charge < -0.3 is 0 Å². The first-order chi connectivity index (χ1) is 10.8. The van der Waals surface area contributed by atoms with Gasteiger partial charge in [0.15, 0.2) is 5.69 Å². The van der Waals surface area contributed by atoms with Gasteiger partial charge in [-0.05, 0) is 24.3 Å². The third-order valence-electron chi connectivity index (χ3n) is 3.10. The van der Waals surface area contributed by atoms with Gasteiger partial charge in [0.2, 0.25) is 0 Å². The molecule has 0 saturated heterocycles. The minimum atomic E-state index is -0.280. The van der Waals surface area contributed by atoms with E-state index in [9.17, 15) is 4.39 Å². The summed E-state index contributed by atoms with van der Waals surface area (Å²) in [5, 5.41) is 9.98. The molecule has 0 saturated carbocycles. The van der Waals surface area contributed by atoms with Crippen molar-refractivity contribution < 1.29 is 9.37 Å². The normalized spacial score (nSPS) is 10.2. The van der Waals surface area contributed by atoms with Crippen molar-refractivity contribution in [2.75, 3.05) is 11.9 Å². The van der Waals surface area contributed by atoms with Crippen molar-refractivity contribution in [3.8, 4) is 34.9 Å². The minimum Gasteiger partial charge on any atom is -0.277 e. The van der Waals surface area contributed by atoms with E-state index in [1.807, 2.05) is 6.07 Å². The van der Waals surface area contributed by atoms with E-state index in [4.69, 9.17) is 6.42 Å². The average molecular weight is 294 g/mol. The summed E-state index contributed by atoms with van der Waals surface area (Å²) in [6.07, 6.45) is 8.67. The molecule has 0 aliphatic heterocycles. The number of hydrogen-bond acceptors (Lipinski definition) is 3. The van der Waals surface area contributed by atoms with Crippen LogP contribution in [-0.2, 0) is 0 Å². The van der Waals surface area contributed by atoms with Gasteiger partial charge in [0.25, 0.3) is 0 Å². The van der Waals surface area contributed by atoms with Crippen LogP contribution in [0.5, 0.6) is 0 Å². The summed E-state index contributed by atoms with van der Waals surface area (Å²) < 4.78 is 13.1. The molecule has 1 aromatic carbocycles. The maximum atomic E-state index is 13.1. The van der Waals surface area contributed by atoms with Crippen LogP contribution < -0.4 is 10.3 Å². The Bertz CT molecular complexity index is 817. The Labute approximate surface area is 126 Å². The zero-order valence-electron chi connectivity index (χ0n) is 11.6. The fraction of sp³-hybridized carbons (Fsp3) is 0.0625. The largest absolute Gasteiger partial charge is 0.390 e. The number of benzene rings is 1. The van der Waals surface area contributed by atoms with Crippen LogP contribution in [-0.4, -0.2) is 21.7 Å². The lowest BCUT2D eigenvalue weighted by Crippen LogP contribution is -2.15. The molecule has 22 heavy (non-hydrogen) atoms. The molecule has 0 bridgehead atoms. The van der Waals surface area contributed by atoms with Crippen LogP contribution in [0.1, 0.15) is 0 Å². The number of H-pyrrole nitrogens is 2. The van der Waals surface area contributed by atoms with E-state index in [0.29, 0.717) is 12.5 Å². The van der Waals surface area contributed by atoms with Crippen LogP contribution in [0.2, 0.25) is 0 Å². The highest BCUT2D eigenvalue weighted by atomic mass is 19.1. The lowest BCUT2D eigenvalue weighted by molar-refractivity contribution is -0.364. The molecule has 108 valence electrons. The van der Waals surface area contributed by atoms with Crippen molar-refractivity contribution in [3.63, 3.8) is 0 Å². The summed E-state index contributed by atoms with van der Waals surface area (Å²) in [5.74, 6) is 2.78. The van der Waals surface area contributed by atoms with Crippen molar-refractivity contribution in [2.24, 2.45) is 0 Å². The predicted octanol–water partition coefficient (Wildman–Crippen LogP) is 2.14. The second-order valence-electron chi connectivity index (χ2n) is 4.55. The second-order valence-corrected chi connectivity index (χ2v) is 4.55. The zero-order chi connectivity index (χ0) is 15.4. The monoisotopic (exact) mass is 294 g/mol. The molecular weight excluding hydrogens is 281 g/mol. The first-order valence-electron chi connectivity index (χ1n) is 6.63. The molecule has 3 aromatic rings. The molecule has 0 radical (unpaired) electrons. The highest BCUT2D eigenvalue weighted by Gasteiger charge is 2.15. The average Bonchev–Trinajstić information content (AvgIpc) is 3.03. The van der Waals surface area contributed by atoms with Crippen LogP contribution in [0.25, 0.3) is 22.5 Å². The van der Waals surface area contributed by atoms with Crippen LogP contribution in [0.15, 0.2) is 42.7 Å². The van der Waals surface area contributed by atoms with Gasteiger partial charge in [0.05, 0.1) is 23.7 Å². The molecule has 3 rings (SSSR count). The maximum absolute atomic E-state index is 13.1. The van der Waals surface area contributed by atoms with E-state index in [0.717, 1.165) is 22.5 Å². The topological polar surface area (TPSA) is 67.7 Å². The predicted molar refractivity (Wildman–Crippen MR) is 81.1 cm³/mol. The van der Waals surface area contributed by atoms with Gasteiger partial charge in [-0.2, -0.15) is 5.10 Å². The molecule has 3 N–H and O–H groups in total. The van der Waals surface area contributed by atoms with Crippen molar-refractivity contribution in [2.45, 2.75) is 0 Å². The maximum Gasteiger partial charge on any atom is 0.390 e. The Morgan fingerprint density at radius 1 is 1.27 bits per heavy atom. The van der Waals surface area contributed by atoms with Crippen LogP contribution in [0, 0.1) is 18.2 Å². The van der Waals surface area contributed by atoms with Gasteiger partial charge in [0.1, 0.15) is 12.4 Å². The minimum absolute atomic E-state index is 0.280. The molecule has 6 heteroatoms. The summed E-state index contributed by atoms with van der Waals surface area (Å²) >= 11 is 0. The second kappa shape index (κ2) is 6.06. The molecule has 0 unspecified atom stereocenters. The lowest BCUT2D eigenvalue weighted by atomic mass is 10.1. The van der Waals surface area contributed by atoms with Gasteiger partial charge in [-0.3, -0.25) is 10.4 Å². The van der Waals surface area contributed by atoms with Gasteiger partial charge in [-0.25, -0.2) is 9.37 Å². The molecule has 0 aliphatic carbocycles. The van der Waals surface area contributed by atoms with Gasteiger partial charge in [-0.1, -0.05) is 10.9 Å². The Balaban J connectivity index is 1.98. The molecule has 2 heterocycles. The number of aromatic nitrogens is 4. The summed E-state index contributed by atoms with van der Waals surface area (Å²) in [7, 11) is 0. The fourth-order valence-corrected chi connectivity index (χ4v) is 2.08. The molecule has 2 aromatic heterocycles. The quantitative estimate of drug-likeness (QED) is 0.724. The van der Waals surface area contributed by atoms with Crippen LogP contribution in [0.4, 0.5) is 10.3 Å². The van der Waals surface area contributed by atoms with Crippen LogP contribution >= 0.6 is 0 Å². The Morgan fingerprint density at radius 2 is 2.09 bits per heavy atom. The molecule has 0 spiro atoms. The van der Waals surface area contributed by atoms with E-state index in [1.165, 1.54) is 12.1 Å². The van der Waals surface area contributed by atoms with E-state index in [1.54, 1.807) is 24.5 Å². The van der Waals surface area contributed by atoms with Gasteiger partial charge in [-0.15, -0.1) is 6.42 Å². The lowest BCUT2D eigenvalue weighted by Gasteiger charge is -2.01. The molecule has 0 atom stereocenters. The molecule has 0 aliphatic rings. The summed E-state index contributed by atoms with van der Waals surface area (Å²) in [6.45, 7) is 0.378. The van der Waals surface area contributed by atoms with Crippen molar-refractivity contribution in [1.82, 2.24) is 15.2 Å². The van der Waals surface area contributed by atoms with E-state index >= 15 is 0 Å². The first-order valence-corrected chi connectivity index (χ1v) is 6.63. The number of nitrogens with one attached hydrogen (secondary N) is 3. The summed E-state index contributed by atoms with van der Waals surface area (Å²) in [4.78, 5) is 7.43. The Kier molecular flexibility index (Phi) is 3.79. The molecule has 0 fully saturated rings. The molecule has 0 amide bonds. The fourth-order valence-electron chi connectivity index (χ4n) is 2.08. The van der Waals surface area contributed by atoms with Crippen molar-refractivity contribution in [1.29, 1.82) is 0 Å². The summed E-state index contributed by atoms with van der Waals surface area (Å²) in [5.41, 5.74) is 3.17. The molecule has 5 nitrogen and oxygen atoms in total. The standard InChI is InChI=1S/C16H12FN5/c1-2-8-18-16-19-9-7-14(21-16)13-10-20-22-15(13)11-3-5-12(17)6-4-11/h1,3-7,9-10H,8H2,(H,20,22)(H,18,19,21)/p+1. The Hall–Kier alpha value is -3.20. The third kappa shape index (κ3) is 2.79. The highest BCUT2D eigenvalue weighted by molar-refractivity contribution is 5.78. The van der Waals surface area contributed by atoms with Crippen molar-refractivity contribution >= 4 is 5.95 Å². The zero-order valence-corrected chi connectivity index (χ0v) is 11.6. The SMILES string of the molecule is C#CCNc1nc(-c2cn[nH]c2-c2ccc(F)cc2)cc[nH+]1. The van der Waals surface area contributed by atoms with Crippen LogP contribution in [0.3, 0.4) is 0 Å². The highest BCUT2D eigenvalue weighted by Crippen LogP contribution is 2.28. The van der Waals surface area contributed by atoms with E-state index in [-0.39, 0.29) is 5.82 Å². The smallest absolute Gasteiger partial charge is 0.277 e. The summed E-state index contributed by atoms with van der Waals surface area (Å²) in [6, 6.07) is 8.04. The van der Waals surface area contributed by atoms with E-state index in [2.05, 4.69) is 31.4 Å². The van der Waals surface area contributed by atoms with Gasteiger partial charge >= 0.3 is 5.95 Å². The third-order valence-corrected chi connectivity index (χ3v) is 3.10. The number of rotatable bonds is 4. The molecular formula is C16H13FN5+. The van der Waals surface area contributed by atoms with Crippen molar-refractivity contribution in [3.05, 3.63) is 48.5 Å². The number of anilines is 1. The number of nitrogens with zero attached hydrogens (tertiary/aromatic N) is 2.